The van der Waals surface area contributed by atoms with E-state index in [4.69, 9.17) is 5.11 Å². The predicted molar refractivity (Wildman–Crippen MR) is 58.0 cm³/mol. The summed E-state index contributed by atoms with van der Waals surface area (Å²) in [5.41, 5.74) is 0.378. The number of carboxylic acid groups (broad SMARTS) is 1. The van der Waals surface area contributed by atoms with Crippen molar-refractivity contribution in [2.75, 3.05) is 0 Å². The molecule has 2 heteroatoms. The molecule has 0 amide bonds. The number of carbonyl (C=O) groups is 1. The fourth-order valence-electron chi connectivity index (χ4n) is 1.05. The molecule has 0 aromatic rings. The van der Waals surface area contributed by atoms with Gasteiger partial charge in [-0.15, -0.1) is 11.8 Å². The lowest BCUT2D eigenvalue weighted by Gasteiger charge is -2.16. The van der Waals surface area contributed by atoms with Crippen LogP contribution in [0.25, 0.3) is 0 Å². The molecule has 2 nitrogen and oxygen atoms in total. The van der Waals surface area contributed by atoms with Crippen LogP contribution in [-0.4, -0.2) is 11.1 Å². The van der Waals surface area contributed by atoms with E-state index in [1.807, 2.05) is 0 Å². The molecule has 0 rings (SSSR count). The molecule has 0 aliphatic rings. The van der Waals surface area contributed by atoms with E-state index in [1.54, 1.807) is 0 Å². The predicted octanol–water partition coefficient (Wildman–Crippen LogP) is 3.07. The summed E-state index contributed by atoms with van der Waals surface area (Å²) in [5, 5.41) is 8.36. The van der Waals surface area contributed by atoms with Crippen LogP contribution in [0.5, 0.6) is 0 Å². The van der Waals surface area contributed by atoms with Gasteiger partial charge < -0.3 is 5.11 Å². The van der Waals surface area contributed by atoms with E-state index in [0.29, 0.717) is 11.8 Å². The van der Waals surface area contributed by atoms with Crippen molar-refractivity contribution in [1.82, 2.24) is 0 Å². The normalized spacial score (nSPS) is 10.5. The Labute approximate surface area is 86.7 Å². The number of carboxylic acids is 1. The molecule has 0 bridgehead atoms. The molecule has 0 fully saturated rings. The van der Waals surface area contributed by atoms with Crippen LogP contribution in [0.3, 0.4) is 0 Å². The van der Waals surface area contributed by atoms with Crippen molar-refractivity contribution in [2.24, 2.45) is 5.41 Å². The van der Waals surface area contributed by atoms with Gasteiger partial charge in [0.25, 0.3) is 0 Å². The second-order valence-corrected chi connectivity index (χ2v) is 4.66. The van der Waals surface area contributed by atoms with E-state index in [9.17, 15) is 4.79 Å². The lowest BCUT2D eigenvalue weighted by atomic mass is 9.90. The molecule has 14 heavy (non-hydrogen) atoms. The summed E-state index contributed by atoms with van der Waals surface area (Å²) in [5.74, 6) is 5.10. The number of hydrogen-bond acceptors (Lipinski definition) is 1. The molecular formula is C12H20O2. The molecule has 0 spiro atoms. The lowest BCUT2D eigenvalue weighted by Crippen LogP contribution is -2.03. The third-order valence-corrected chi connectivity index (χ3v) is 1.82. The van der Waals surface area contributed by atoms with Crippen molar-refractivity contribution < 1.29 is 9.90 Å². The minimum Gasteiger partial charge on any atom is -0.481 e. The Hall–Kier alpha value is -0.970. The van der Waals surface area contributed by atoms with Gasteiger partial charge in [-0.2, -0.15) is 0 Å². The molecule has 0 aliphatic heterocycles. The zero-order valence-electron chi connectivity index (χ0n) is 9.39. The molecule has 0 radical (unpaired) electrons. The smallest absolute Gasteiger partial charge is 0.304 e. The highest BCUT2D eigenvalue weighted by Crippen LogP contribution is 2.20. The van der Waals surface area contributed by atoms with Crippen LogP contribution in [0.2, 0.25) is 0 Å². The fourth-order valence-corrected chi connectivity index (χ4v) is 1.05. The van der Waals surface area contributed by atoms with E-state index in [-0.39, 0.29) is 6.42 Å². The molecule has 0 aromatic heterocycles. The summed E-state index contributed by atoms with van der Waals surface area (Å²) in [6, 6.07) is 0. The van der Waals surface area contributed by atoms with Crippen molar-refractivity contribution in [3.63, 3.8) is 0 Å². The number of unbranched alkanes of at least 4 members (excludes halogenated alkanes) is 1. The van der Waals surface area contributed by atoms with E-state index < -0.39 is 5.97 Å². The summed E-state index contributed by atoms with van der Waals surface area (Å²) in [6.45, 7) is 6.64. The molecule has 0 atom stereocenters. The van der Waals surface area contributed by atoms with Crippen molar-refractivity contribution in [1.29, 1.82) is 0 Å². The summed E-state index contributed by atoms with van der Waals surface area (Å²) in [6.07, 6.45) is 3.79. The van der Waals surface area contributed by atoms with Gasteiger partial charge in [0.1, 0.15) is 0 Å². The SMILES string of the molecule is CC(C)(C)CCCC#CCCC(=O)O. The summed E-state index contributed by atoms with van der Waals surface area (Å²) in [4.78, 5) is 10.2. The molecule has 0 heterocycles. The topological polar surface area (TPSA) is 37.3 Å². The Kier molecular flexibility index (Phi) is 6.03. The van der Waals surface area contributed by atoms with Crippen molar-refractivity contribution in [2.45, 2.75) is 52.9 Å². The van der Waals surface area contributed by atoms with E-state index in [1.165, 1.54) is 6.42 Å². The standard InChI is InChI=1S/C12H20O2/c1-12(2,3)10-8-6-4-5-7-9-11(13)14/h6-10H2,1-3H3,(H,13,14). The van der Waals surface area contributed by atoms with Crippen LogP contribution < -0.4 is 0 Å². The third-order valence-electron chi connectivity index (χ3n) is 1.82. The first kappa shape index (κ1) is 13.0. The summed E-state index contributed by atoms with van der Waals surface area (Å²) in [7, 11) is 0. The van der Waals surface area contributed by atoms with Gasteiger partial charge in [-0.1, -0.05) is 20.8 Å². The van der Waals surface area contributed by atoms with Crippen molar-refractivity contribution in [3.05, 3.63) is 0 Å². The molecule has 0 aromatic carbocycles. The molecule has 0 saturated heterocycles. The van der Waals surface area contributed by atoms with Crippen LogP contribution in [0.1, 0.15) is 52.9 Å². The Morgan fingerprint density at radius 1 is 1.21 bits per heavy atom. The van der Waals surface area contributed by atoms with Gasteiger partial charge in [-0.25, -0.2) is 0 Å². The largest absolute Gasteiger partial charge is 0.481 e. The molecule has 0 aliphatic carbocycles. The van der Waals surface area contributed by atoms with Crippen molar-refractivity contribution >= 4 is 5.97 Å². The maximum absolute atomic E-state index is 10.2. The maximum atomic E-state index is 10.2. The first-order valence-corrected chi connectivity index (χ1v) is 5.09. The van der Waals surface area contributed by atoms with Crippen LogP contribution in [0.15, 0.2) is 0 Å². The van der Waals surface area contributed by atoms with Crippen LogP contribution in [-0.2, 0) is 4.79 Å². The maximum Gasteiger partial charge on any atom is 0.304 e. The molecule has 80 valence electrons. The fraction of sp³-hybridized carbons (Fsp3) is 0.750. The second-order valence-electron chi connectivity index (χ2n) is 4.66. The average Bonchev–Trinajstić information content (AvgIpc) is 2.00. The van der Waals surface area contributed by atoms with Crippen LogP contribution in [0.4, 0.5) is 0 Å². The molecule has 1 N–H and O–H groups in total. The molecule has 0 saturated carbocycles. The number of rotatable bonds is 4. The highest BCUT2D eigenvalue weighted by Gasteiger charge is 2.07. The first-order valence-electron chi connectivity index (χ1n) is 5.09. The van der Waals surface area contributed by atoms with Gasteiger partial charge in [-0.3, -0.25) is 4.79 Å². The lowest BCUT2D eigenvalue weighted by molar-refractivity contribution is -0.136. The summed E-state index contributed by atoms with van der Waals surface area (Å²) >= 11 is 0. The minimum atomic E-state index is -0.769. The first-order chi connectivity index (χ1) is 6.42. The van der Waals surface area contributed by atoms with Gasteiger partial charge in [0.2, 0.25) is 0 Å². The zero-order chi connectivity index (χ0) is 11.0. The quantitative estimate of drug-likeness (QED) is 0.554. The Balaban J connectivity index is 3.40. The average molecular weight is 196 g/mol. The van der Waals surface area contributed by atoms with E-state index in [2.05, 4.69) is 32.6 Å². The van der Waals surface area contributed by atoms with Gasteiger partial charge in [-0.05, 0) is 18.3 Å². The zero-order valence-corrected chi connectivity index (χ0v) is 9.39. The highest BCUT2D eigenvalue weighted by molar-refractivity contribution is 5.66. The molecule has 0 unspecified atom stereocenters. The van der Waals surface area contributed by atoms with Gasteiger partial charge in [0, 0.05) is 12.8 Å². The van der Waals surface area contributed by atoms with Crippen LogP contribution >= 0.6 is 0 Å². The van der Waals surface area contributed by atoms with Crippen LogP contribution in [0, 0.1) is 17.3 Å². The highest BCUT2D eigenvalue weighted by atomic mass is 16.4. The Bertz CT molecular complexity index is 225. The second kappa shape index (κ2) is 6.48. The number of hydrogen-bond donors (Lipinski definition) is 1. The molecular weight excluding hydrogens is 176 g/mol. The monoisotopic (exact) mass is 196 g/mol. The van der Waals surface area contributed by atoms with E-state index in [0.717, 1.165) is 12.8 Å². The summed E-state index contributed by atoms with van der Waals surface area (Å²) < 4.78 is 0. The van der Waals surface area contributed by atoms with Crippen molar-refractivity contribution in [3.8, 4) is 11.8 Å². The number of aliphatic carboxylic acids is 1. The Morgan fingerprint density at radius 2 is 1.79 bits per heavy atom. The third kappa shape index (κ3) is 11.0. The van der Waals surface area contributed by atoms with E-state index >= 15 is 0 Å². The van der Waals surface area contributed by atoms with Gasteiger partial charge >= 0.3 is 5.97 Å². The van der Waals surface area contributed by atoms with Gasteiger partial charge in [0.15, 0.2) is 0 Å². The minimum absolute atomic E-state index is 0.159. The Morgan fingerprint density at radius 3 is 2.29 bits per heavy atom. The van der Waals surface area contributed by atoms with Gasteiger partial charge in [0.05, 0.1) is 6.42 Å².